The molecule has 0 aromatic heterocycles. The number of rotatable bonds is 8. The summed E-state index contributed by atoms with van der Waals surface area (Å²) in [7, 11) is -3.21. The summed E-state index contributed by atoms with van der Waals surface area (Å²) in [5.41, 5.74) is 0.774. The fourth-order valence-corrected chi connectivity index (χ4v) is 3.61. The molecule has 114 valence electrons. The summed E-state index contributed by atoms with van der Waals surface area (Å²) in [6, 6.07) is 5.15. The summed E-state index contributed by atoms with van der Waals surface area (Å²) in [4.78, 5) is 0. The Bertz CT molecular complexity index is 471. The maximum atomic E-state index is 12.3. The first kappa shape index (κ1) is 18.0. The Labute approximate surface area is 129 Å². The Morgan fingerprint density at radius 2 is 1.80 bits per heavy atom. The average molecular weight is 341 g/mol. The van der Waals surface area contributed by atoms with Crippen molar-refractivity contribution in [2.75, 3.05) is 19.6 Å². The second kappa shape index (κ2) is 8.38. The van der Waals surface area contributed by atoms with Gasteiger partial charge >= 0.3 is 7.60 Å². The minimum absolute atomic E-state index is 0.116. The van der Waals surface area contributed by atoms with E-state index >= 15 is 0 Å². The zero-order valence-corrected chi connectivity index (χ0v) is 14.2. The lowest BCUT2D eigenvalue weighted by Crippen LogP contribution is -2.07. The van der Waals surface area contributed by atoms with Gasteiger partial charge in [0.1, 0.15) is 6.35 Å². The molecule has 0 saturated carbocycles. The van der Waals surface area contributed by atoms with Crippen LogP contribution in [0.1, 0.15) is 32.4 Å². The van der Waals surface area contributed by atoms with Gasteiger partial charge in [-0.25, -0.2) is 0 Å². The maximum absolute atomic E-state index is 12.3. The van der Waals surface area contributed by atoms with Gasteiger partial charge in [0.15, 0.2) is 0 Å². The van der Waals surface area contributed by atoms with Gasteiger partial charge < -0.3 is 13.8 Å². The third-order valence-corrected chi connectivity index (χ3v) is 4.87. The molecule has 0 saturated heterocycles. The Morgan fingerprint density at radius 1 is 1.20 bits per heavy atom. The largest absolute Gasteiger partial charge is 0.361 e. The molecular formula is C13H19Cl2O4P. The predicted octanol–water partition coefficient (Wildman–Crippen LogP) is 5.29. The van der Waals surface area contributed by atoms with Crippen LogP contribution in [0, 0.1) is 0 Å². The average Bonchev–Trinajstić information content (AvgIpc) is 2.37. The van der Waals surface area contributed by atoms with E-state index in [1.165, 1.54) is 0 Å². The molecule has 0 N–H and O–H groups in total. The van der Waals surface area contributed by atoms with Crippen molar-refractivity contribution in [3.8, 4) is 0 Å². The molecule has 0 radical (unpaired) electrons. The fraction of sp³-hybridized carbons (Fsp3) is 0.538. The smallest absolute Gasteiger partial charge is 0.356 e. The van der Waals surface area contributed by atoms with Crippen molar-refractivity contribution in [1.29, 1.82) is 0 Å². The lowest BCUT2D eigenvalue weighted by molar-refractivity contribution is 0.0776. The summed E-state index contributed by atoms with van der Waals surface area (Å²) in [6.45, 7) is 5.93. The van der Waals surface area contributed by atoms with E-state index in [2.05, 4.69) is 0 Å². The van der Waals surface area contributed by atoms with Crippen LogP contribution in [0.4, 0.5) is 0 Å². The summed E-state index contributed by atoms with van der Waals surface area (Å²) in [5.74, 6) is 0. The third-order valence-electron chi connectivity index (χ3n) is 2.53. The van der Waals surface area contributed by atoms with E-state index in [9.17, 15) is 4.57 Å². The van der Waals surface area contributed by atoms with Crippen LogP contribution >= 0.6 is 30.8 Å². The van der Waals surface area contributed by atoms with Crippen LogP contribution < -0.4 is 0 Å². The van der Waals surface area contributed by atoms with Crippen molar-refractivity contribution >= 4 is 30.8 Å². The topological polar surface area (TPSA) is 44.8 Å². The lowest BCUT2D eigenvalue weighted by Gasteiger charge is -2.20. The molecule has 0 heterocycles. The van der Waals surface area contributed by atoms with E-state index in [4.69, 9.17) is 37.0 Å². The van der Waals surface area contributed by atoms with Crippen LogP contribution in [0.25, 0.3) is 0 Å². The van der Waals surface area contributed by atoms with E-state index in [0.29, 0.717) is 23.3 Å². The van der Waals surface area contributed by atoms with E-state index in [1.54, 1.807) is 32.0 Å². The lowest BCUT2D eigenvalue weighted by atomic mass is 10.1. The molecule has 0 aliphatic rings. The van der Waals surface area contributed by atoms with Crippen molar-refractivity contribution in [3.63, 3.8) is 0 Å². The second-order valence-corrected chi connectivity index (χ2v) is 6.89. The second-order valence-electron chi connectivity index (χ2n) is 4.05. The van der Waals surface area contributed by atoms with Gasteiger partial charge in [0, 0.05) is 10.0 Å². The van der Waals surface area contributed by atoms with Crippen LogP contribution in [0.15, 0.2) is 18.2 Å². The van der Waals surface area contributed by atoms with Crippen molar-refractivity contribution in [2.24, 2.45) is 0 Å². The highest BCUT2D eigenvalue weighted by Crippen LogP contribution is 2.49. The van der Waals surface area contributed by atoms with Gasteiger partial charge in [0.2, 0.25) is 0 Å². The number of halogens is 2. The highest BCUT2D eigenvalue weighted by molar-refractivity contribution is 7.53. The maximum Gasteiger partial charge on any atom is 0.356 e. The summed E-state index contributed by atoms with van der Waals surface area (Å²) in [6.07, 6.45) is -0.455. The van der Waals surface area contributed by atoms with Crippen LogP contribution in [0.3, 0.4) is 0 Å². The number of hydrogen-bond acceptors (Lipinski definition) is 4. The zero-order chi connectivity index (χ0) is 15.2. The van der Waals surface area contributed by atoms with Gasteiger partial charge in [0.05, 0.1) is 19.3 Å². The molecule has 1 rings (SSSR count). The highest BCUT2D eigenvalue weighted by atomic mass is 35.5. The van der Waals surface area contributed by atoms with E-state index < -0.39 is 7.60 Å². The molecule has 1 atom stereocenters. The molecule has 0 fully saturated rings. The zero-order valence-electron chi connectivity index (χ0n) is 11.8. The Morgan fingerprint density at radius 3 is 2.30 bits per heavy atom. The molecule has 1 unspecified atom stereocenters. The summed E-state index contributed by atoms with van der Waals surface area (Å²) < 4.78 is 28.2. The molecule has 0 aliphatic heterocycles. The van der Waals surface area contributed by atoms with E-state index in [-0.39, 0.29) is 12.5 Å². The Balaban J connectivity index is 2.70. The van der Waals surface area contributed by atoms with Gasteiger partial charge in [-0.05, 0) is 38.5 Å². The monoisotopic (exact) mass is 340 g/mol. The predicted molar refractivity (Wildman–Crippen MR) is 81.7 cm³/mol. The number of benzene rings is 1. The van der Waals surface area contributed by atoms with Crippen molar-refractivity contribution in [3.05, 3.63) is 33.8 Å². The third kappa shape index (κ3) is 5.36. The van der Waals surface area contributed by atoms with Gasteiger partial charge in [-0.2, -0.15) is 0 Å². The molecule has 1 aromatic rings. The molecule has 0 aliphatic carbocycles. The van der Waals surface area contributed by atoms with Gasteiger partial charge in [-0.1, -0.05) is 29.3 Å². The van der Waals surface area contributed by atoms with Crippen molar-refractivity contribution < 1.29 is 18.3 Å². The van der Waals surface area contributed by atoms with Crippen molar-refractivity contribution in [1.82, 2.24) is 0 Å². The van der Waals surface area contributed by atoms with Crippen LogP contribution in [0.5, 0.6) is 0 Å². The van der Waals surface area contributed by atoms with Gasteiger partial charge in [-0.15, -0.1) is 0 Å². The van der Waals surface area contributed by atoms with Gasteiger partial charge in [-0.3, -0.25) is 4.57 Å². The summed E-state index contributed by atoms with van der Waals surface area (Å²) in [5, 5.41) is 1.06. The normalized spacial score (nSPS) is 13.4. The Kier molecular flexibility index (Phi) is 7.52. The Hall–Kier alpha value is -0.0900. The molecule has 20 heavy (non-hydrogen) atoms. The van der Waals surface area contributed by atoms with Crippen LogP contribution in [-0.4, -0.2) is 19.6 Å². The molecule has 0 spiro atoms. The fourth-order valence-electron chi connectivity index (χ4n) is 1.63. The molecule has 1 aromatic carbocycles. The van der Waals surface area contributed by atoms with E-state index in [0.717, 1.165) is 5.56 Å². The first-order chi connectivity index (χ1) is 9.41. The van der Waals surface area contributed by atoms with Crippen LogP contribution in [-0.2, 0) is 18.3 Å². The SMILES string of the molecule is CCOP(=O)(COC(C)c1ccc(Cl)cc1Cl)OCC. The molecule has 0 amide bonds. The first-order valence-electron chi connectivity index (χ1n) is 6.36. The number of hydrogen-bond donors (Lipinski definition) is 0. The first-order valence-corrected chi connectivity index (χ1v) is 8.85. The van der Waals surface area contributed by atoms with E-state index in [1.807, 2.05) is 6.92 Å². The highest BCUT2D eigenvalue weighted by Gasteiger charge is 2.25. The summed E-state index contributed by atoms with van der Waals surface area (Å²) >= 11 is 11.9. The van der Waals surface area contributed by atoms with Gasteiger partial charge in [0.25, 0.3) is 0 Å². The minimum atomic E-state index is -3.21. The minimum Gasteiger partial charge on any atom is -0.361 e. The standard InChI is InChI=1S/C13H19Cl2O4P/c1-4-18-20(16,19-5-2)9-17-10(3)12-7-6-11(14)8-13(12)15/h6-8,10H,4-5,9H2,1-3H3. The molecule has 4 nitrogen and oxygen atoms in total. The van der Waals surface area contributed by atoms with Crippen LogP contribution in [0.2, 0.25) is 10.0 Å². The quantitative estimate of drug-likeness (QED) is 0.602. The molecule has 7 heteroatoms. The number of ether oxygens (including phenoxy) is 1. The van der Waals surface area contributed by atoms with Crippen molar-refractivity contribution in [2.45, 2.75) is 26.9 Å². The molecule has 0 bridgehead atoms. The molecular weight excluding hydrogens is 322 g/mol.